The lowest BCUT2D eigenvalue weighted by atomic mass is 10.1. The molecule has 2 aliphatic rings. The Kier molecular flexibility index (Phi) is 5.95. The van der Waals surface area contributed by atoms with Gasteiger partial charge in [0, 0.05) is 70.1 Å². The van der Waals surface area contributed by atoms with Crippen molar-refractivity contribution >= 4 is 17.5 Å². The molecule has 4 heterocycles. The zero-order valence-corrected chi connectivity index (χ0v) is 19.1. The molecule has 33 heavy (non-hydrogen) atoms. The second kappa shape index (κ2) is 9.19. The van der Waals surface area contributed by atoms with Crippen molar-refractivity contribution < 1.29 is 9.32 Å². The number of carbonyl (C=O) groups excluding carboxylic acids is 1. The molecule has 0 saturated carbocycles. The van der Waals surface area contributed by atoms with E-state index < -0.39 is 0 Å². The van der Waals surface area contributed by atoms with Crippen LogP contribution in [0.25, 0.3) is 11.3 Å². The molecule has 0 unspecified atom stereocenters. The highest BCUT2D eigenvalue weighted by Crippen LogP contribution is 2.23. The number of hydrogen-bond acceptors (Lipinski definition) is 8. The SMILES string of the molecule is Cc1nc(N2CCN(C)CC2)cc(N2CCN(C(=O)c3cc(-c4ccccc4)on3)CC2)n1. The van der Waals surface area contributed by atoms with Crippen molar-refractivity contribution in [3.8, 4) is 11.3 Å². The van der Waals surface area contributed by atoms with E-state index >= 15 is 0 Å². The van der Waals surface area contributed by atoms with Crippen LogP contribution in [0.15, 0.2) is 47.0 Å². The molecule has 9 nitrogen and oxygen atoms in total. The summed E-state index contributed by atoms with van der Waals surface area (Å²) in [6, 6.07) is 13.5. The molecule has 0 bridgehead atoms. The number of nitrogens with zero attached hydrogens (tertiary/aromatic N) is 7. The van der Waals surface area contributed by atoms with E-state index in [0.717, 1.165) is 49.2 Å². The zero-order valence-electron chi connectivity index (χ0n) is 19.1. The van der Waals surface area contributed by atoms with Gasteiger partial charge in [-0.1, -0.05) is 35.5 Å². The van der Waals surface area contributed by atoms with Crippen molar-refractivity contribution in [2.24, 2.45) is 0 Å². The van der Waals surface area contributed by atoms with Crippen LogP contribution in [-0.2, 0) is 0 Å². The van der Waals surface area contributed by atoms with Crippen LogP contribution in [0.1, 0.15) is 16.3 Å². The van der Waals surface area contributed by atoms with E-state index in [1.54, 1.807) is 6.07 Å². The summed E-state index contributed by atoms with van der Waals surface area (Å²) in [5.74, 6) is 3.19. The van der Waals surface area contributed by atoms with Gasteiger partial charge in [-0.3, -0.25) is 4.79 Å². The number of piperazine rings is 2. The van der Waals surface area contributed by atoms with Crippen molar-refractivity contribution in [2.45, 2.75) is 6.92 Å². The number of hydrogen-bond donors (Lipinski definition) is 0. The maximum Gasteiger partial charge on any atom is 0.276 e. The standard InChI is InChI=1S/C24H29N7O2/c1-18-25-22(29-10-8-28(2)9-11-29)17-23(26-18)30-12-14-31(15-13-30)24(32)20-16-21(33-27-20)19-6-4-3-5-7-19/h3-7,16-17H,8-15H2,1-2H3. The van der Waals surface area contributed by atoms with Crippen LogP contribution in [0, 0.1) is 6.92 Å². The lowest BCUT2D eigenvalue weighted by Gasteiger charge is -2.36. The molecule has 2 aromatic heterocycles. The minimum absolute atomic E-state index is 0.0995. The van der Waals surface area contributed by atoms with E-state index in [-0.39, 0.29) is 5.91 Å². The van der Waals surface area contributed by atoms with Gasteiger partial charge >= 0.3 is 0 Å². The quantitative estimate of drug-likeness (QED) is 0.602. The molecule has 9 heteroatoms. The molecule has 2 aliphatic heterocycles. The number of benzene rings is 1. The van der Waals surface area contributed by atoms with Gasteiger partial charge in [-0.25, -0.2) is 9.97 Å². The van der Waals surface area contributed by atoms with Crippen LogP contribution < -0.4 is 9.80 Å². The van der Waals surface area contributed by atoms with Crippen LogP contribution in [0.4, 0.5) is 11.6 Å². The number of aryl methyl sites for hydroxylation is 1. The van der Waals surface area contributed by atoms with E-state index in [1.807, 2.05) is 42.2 Å². The Morgan fingerprint density at radius 2 is 1.45 bits per heavy atom. The van der Waals surface area contributed by atoms with Crippen molar-refractivity contribution in [1.82, 2.24) is 24.9 Å². The van der Waals surface area contributed by atoms with Crippen LogP contribution >= 0.6 is 0 Å². The Morgan fingerprint density at radius 3 is 2.09 bits per heavy atom. The van der Waals surface area contributed by atoms with Gasteiger partial charge < -0.3 is 24.1 Å². The normalized spacial score (nSPS) is 17.5. The lowest BCUT2D eigenvalue weighted by Crippen LogP contribution is -2.49. The van der Waals surface area contributed by atoms with E-state index in [2.05, 4.69) is 42.9 Å². The van der Waals surface area contributed by atoms with Gasteiger partial charge in [0.1, 0.15) is 17.5 Å². The molecule has 3 aromatic rings. The van der Waals surface area contributed by atoms with Crippen LogP contribution in [-0.4, -0.2) is 90.2 Å². The molecule has 1 aromatic carbocycles. The largest absolute Gasteiger partial charge is 0.355 e. The number of rotatable bonds is 4. The van der Waals surface area contributed by atoms with E-state index in [9.17, 15) is 4.79 Å². The summed E-state index contributed by atoms with van der Waals surface area (Å²) in [5.41, 5.74) is 1.25. The van der Waals surface area contributed by atoms with E-state index in [0.29, 0.717) is 37.6 Å². The highest BCUT2D eigenvalue weighted by Gasteiger charge is 2.26. The second-order valence-corrected chi connectivity index (χ2v) is 8.64. The smallest absolute Gasteiger partial charge is 0.276 e. The molecule has 0 atom stereocenters. The van der Waals surface area contributed by atoms with Crippen molar-refractivity contribution in [1.29, 1.82) is 0 Å². The predicted octanol–water partition coefficient (Wildman–Crippen LogP) is 2.15. The summed E-state index contributed by atoms with van der Waals surface area (Å²) in [6.45, 7) is 8.60. The Balaban J connectivity index is 1.23. The third-order valence-corrected chi connectivity index (χ3v) is 6.32. The van der Waals surface area contributed by atoms with Crippen LogP contribution in [0.3, 0.4) is 0 Å². The summed E-state index contributed by atoms with van der Waals surface area (Å²) in [4.78, 5) is 31.1. The summed E-state index contributed by atoms with van der Waals surface area (Å²) in [5, 5.41) is 4.02. The predicted molar refractivity (Wildman–Crippen MR) is 127 cm³/mol. The van der Waals surface area contributed by atoms with Gasteiger partial charge in [0.25, 0.3) is 5.91 Å². The first-order valence-electron chi connectivity index (χ1n) is 11.4. The molecular formula is C24H29N7O2. The third kappa shape index (κ3) is 4.68. The average Bonchev–Trinajstić information content (AvgIpc) is 3.35. The second-order valence-electron chi connectivity index (χ2n) is 8.64. The van der Waals surface area contributed by atoms with Crippen molar-refractivity contribution in [3.63, 3.8) is 0 Å². The Bertz CT molecular complexity index is 1100. The molecule has 1 amide bonds. The van der Waals surface area contributed by atoms with Crippen LogP contribution in [0.5, 0.6) is 0 Å². The summed E-state index contributed by atoms with van der Waals surface area (Å²) in [6.07, 6.45) is 0. The number of amides is 1. The molecule has 0 N–H and O–H groups in total. The fourth-order valence-corrected chi connectivity index (χ4v) is 4.31. The minimum Gasteiger partial charge on any atom is -0.355 e. The Morgan fingerprint density at radius 1 is 0.848 bits per heavy atom. The molecule has 172 valence electrons. The average molecular weight is 448 g/mol. The molecule has 0 radical (unpaired) electrons. The molecule has 0 spiro atoms. The molecule has 2 saturated heterocycles. The lowest BCUT2D eigenvalue weighted by molar-refractivity contribution is 0.0736. The van der Waals surface area contributed by atoms with Crippen molar-refractivity contribution in [3.05, 3.63) is 54.0 Å². The Hall–Kier alpha value is -3.46. The summed E-state index contributed by atoms with van der Waals surface area (Å²) in [7, 11) is 2.15. The maximum atomic E-state index is 13.0. The van der Waals surface area contributed by atoms with Gasteiger partial charge in [0.15, 0.2) is 11.5 Å². The van der Waals surface area contributed by atoms with Crippen molar-refractivity contribution in [2.75, 3.05) is 69.2 Å². The van der Waals surface area contributed by atoms with E-state index in [1.165, 1.54) is 0 Å². The van der Waals surface area contributed by atoms with Gasteiger partial charge in [-0.15, -0.1) is 0 Å². The van der Waals surface area contributed by atoms with Crippen LogP contribution in [0.2, 0.25) is 0 Å². The third-order valence-electron chi connectivity index (χ3n) is 6.32. The first kappa shape index (κ1) is 21.4. The fourth-order valence-electron chi connectivity index (χ4n) is 4.31. The Labute approximate surface area is 193 Å². The number of anilines is 2. The zero-order chi connectivity index (χ0) is 22.8. The first-order chi connectivity index (χ1) is 16.1. The summed E-state index contributed by atoms with van der Waals surface area (Å²) < 4.78 is 5.41. The summed E-state index contributed by atoms with van der Waals surface area (Å²) >= 11 is 0. The number of carbonyl (C=O) groups is 1. The highest BCUT2D eigenvalue weighted by molar-refractivity contribution is 5.93. The molecule has 5 rings (SSSR count). The van der Waals surface area contributed by atoms with Gasteiger partial charge in [-0.05, 0) is 14.0 Å². The topological polar surface area (TPSA) is 81.8 Å². The molecular weight excluding hydrogens is 418 g/mol. The van der Waals surface area contributed by atoms with E-state index in [4.69, 9.17) is 4.52 Å². The van der Waals surface area contributed by atoms with Gasteiger partial charge in [0.2, 0.25) is 0 Å². The molecule has 2 fully saturated rings. The number of aromatic nitrogens is 3. The number of likely N-dealkylation sites (N-methyl/N-ethyl adjacent to an activating group) is 1. The fraction of sp³-hybridized carbons (Fsp3) is 0.417. The highest BCUT2D eigenvalue weighted by atomic mass is 16.5. The minimum atomic E-state index is -0.0995. The van der Waals surface area contributed by atoms with Gasteiger partial charge in [0.05, 0.1) is 0 Å². The first-order valence-corrected chi connectivity index (χ1v) is 11.4. The molecule has 0 aliphatic carbocycles. The monoisotopic (exact) mass is 447 g/mol. The van der Waals surface area contributed by atoms with Gasteiger partial charge in [-0.2, -0.15) is 0 Å². The maximum absolute atomic E-state index is 13.0.